The van der Waals surface area contributed by atoms with Gasteiger partial charge in [-0.2, -0.15) is 0 Å². The van der Waals surface area contributed by atoms with Gasteiger partial charge in [0.05, 0.1) is 6.54 Å². The summed E-state index contributed by atoms with van der Waals surface area (Å²) in [6.45, 7) is 13.9. The Balaban J connectivity index is 0.00000484. The molecule has 0 atom stereocenters. The van der Waals surface area contributed by atoms with Crippen LogP contribution < -0.4 is 10.6 Å². The molecule has 134 valence electrons. The Hall–Kier alpha value is -0.340. The van der Waals surface area contributed by atoms with Crippen molar-refractivity contribution in [2.75, 3.05) is 20.1 Å². The maximum Gasteiger partial charge on any atom is 0.191 e. The molecule has 0 aliphatic rings. The molecule has 4 nitrogen and oxygen atoms in total. The van der Waals surface area contributed by atoms with Gasteiger partial charge in [0.2, 0.25) is 0 Å². The summed E-state index contributed by atoms with van der Waals surface area (Å²) in [7, 11) is 1.82. The van der Waals surface area contributed by atoms with Gasteiger partial charge in [0.25, 0.3) is 0 Å². The minimum absolute atomic E-state index is 0. The highest BCUT2D eigenvalue weighted by atomic mass is 127. The van der Waals surface area contributed by atoms with Crippen molar-refractivity contribution in [3.8, 4) is 0 Å². The molecule has 0 aliphatic heterocycles. The van der Waals surface area contributed by atoms with E-state index >= 15 is 0 Å². The van der Waals surface area contributed by atoms with Crippen molar-refractivity contribution in [3.05, 3.63) is 21.9 Å². The quantitative estimate of drug-likeness (QED) is 0.359. The summed E-state index contributed by atoms with van der Waals surface area (Å²) in [5, 5.41) is 6.79. The Kier molecular flexibility index (Phi) is 11.9. The summed E-state index contributed by atoms with van der Waals surface area (Å²) in [4.78, 5) is 9.56. The predicted octanol–water partition coefficient (Wildman–Crippen LogP) is 3.71. The van der Waals surface area contributed by atoms with Crippen LogP contribution in [0.2, 0.25) is 0 Å². The Labute approximate surface area is 163 Å². The lowest BCUT2D eigenvalue weighted by molar-refractivity contribution is 0.178. The first kappa shape index (κ1) is 22.7. The van der Waals surface area contributed by atoms with E-state index in [9.17, 15) is 0 Å². The van der Waals surface area contributed by atoms with Crippen LogP contribution in [0.25, 0.3) is 0 Å². The number of hydrogen-bond acceptors (Lipinski definition) is 3. The van der Waals surface area contributed by atoms with Crippen LogP contribution in [0.15, 0.2) is 17.1 Å². The van der Waals surface area contributed by atoms with Crippen LogP contribution in [-0.2, 0) is 13.0 Å². The summed E-state index contributed by atoms with van der Waals surface area (Å²) in [5.74, 6) is 0.874. The molecule has 23 heavy (non-hydrogen) atoms. The normalized spacial score (nSPS) is 12.0. The van der Waals surface area contributed by atoms with Crippen molar-refractivity contribution in [2.45, 2.75) is 59.7 Å². The summed E-state index contributed by atoms with van der Waals surface area (Å²) in [5.41, 5.74) is 0. The van der Waals surface area contributed by atoms with Gasteiger partial charge in [-0.25, -0.2) is 0 Å². The van der Waals surface area contributed by atoms with Crippen LogP contribution in [0.4, 0.5) is 0 Å². The molecule has 0 saturated heterocycles. The number of halogens is 1. The fourth-order valence-electron chi connectivity index (χ4n) is 2.51. The number of aryl methyl sites for hydroxylation is 1. The molecule has 0 radical (unpaired) electrons. The molecule has 1 rings (SSSR count). The van der Waals surface area contributed by atoms with E-state index in [0.29, 0.717) is 12.1 Å². The van der Waals surface area contributed by atoms with Crippen LogP contribution >= 0.6 is 35.3 Å². The van der Waals surface area contributed by atoms with Crippen LogP contribution in [0.1, 0.15) is 44.4 Å². The Morgan fingerprint density at radius 2 is 1.74 bits per heavy atom. The second-order valence-corrected chi connectivity index (χ2v) is 7.25. The van der Waals surface area contributed by atoms with Gasteiger partial charge in [-0.15, -0.1) is 35.3 Å². The number of rotatable bonds is 8. The van der Waals surface area contributed by atoms with Crippen molar-refractivity contribution in [3.63, 3.8) is 0 Å². The molecule has 1 aromatic rings. The number of hydrogen-bond donors (Lipinski definition) is 2. The molecule has 0 unspecified atom stereocenters. The molecule has 1 heterocycles. The monoisotopic (exact) mass is 452 g/mol. The van der Waals surface area contributed by atoms with E-state index in [1.54, 1.807) is 0 Å². The van der Waals surface area contributed by atoms with Gasteiger partial charge >= 0.3 is 0 Å². The first-order valence-corrected chi connectivity index (χ1v) is 9.07. The molecule has 0 saturated carbocycles. The maximum absolute atomic E-state index is 4.30. The maximum atomic E-state index is 4.30. The predicted molar refractivity (Wildman–Crippen MR) is 114 cm³/mol. The summed E-state index contributed by atoms with van der Waals surface area (Å²) < 4.78 is 0. The molecule has 2 N–H and O–H groups in total. The van der Waals surface area contributed by atoms with Gasteiger partial charge in [0, 0.05) is 42.0 Å². The van der Waals surface area contributed by atoms with Crippen LogP contribution in [0.5, 0.6) is 0 Å². The first-order chi connectivity index (χ1) is 10.5. The van der Waals surface area contributed by atoms with E-state index < -0.39 is 0 Å². The molecule has 0 fully saturated rings. The smallest absolute Gasteiger partial charge is 0.191 e. The summed E-state index contributed by atoms with van der Waals surface area (Å²) in [6.07, 6.45) is 1.11. The Bertz CT molecular complexity index is 449. The summed E-state index contributed by atoms with van der Waals surface area (Å²) in [6, 6.07) is 5.54. The minimum Gasteiger partial charge on any atom is -0.355 e. The molecule has 0 aliphatic carbocycles. The molecule has 0 aromatic carbocycles. The van der Waals surface area contributed by atoms with Gasteiger partial charge in [0.1, 0.15) is 0 Å². The second kappa shape index (κ2) is 12.1. The van der Waals surface area contributed by atoms with Crippen LogP contribution in [-0.4, -0.2) is 43.1 Å². The van der Waals surface area contributed by atoms with Crippen LogP contribution in [0.3, 0.4) is 0 Å². The molecular formula is C17H33IN4S. The van der Waals surface area contributed by atoms with Gasteiger partial charge in [-0.3, -0.25) is 9.89 Å². The van der Waals surface area contributed by atoms with Gasteiger partial charge < -0.3 is 10.6 Å². The lowest BCUT2D eigenvalue weighted by Crippen LogP contribution is -2.45. The number of guanidine groups is 1. The number of thiophene rings is 1. The van der Waals surface area contributed by atoms with E-state index in [0.717, 1.165) is 32.0 Å². The highest BCUT2D eigenvalue weighted by Crippen LogP contribution is 2.16. The highest BCUT2D eigenvalue weighted by Gasteiger charge is 2.12. The molecule has 0 bridgehead atoms. The Morgan fingerprint density at radius 3 is 2.22 bits per heavy atom. The molecular weight excluding hydrogens is 419 g/mol. The largest absolute Gasteiger partial charge is 0.355 e. The molecule has 6 heteroatoms. The molecule has 0 spiro atoms. The lowest BCUT2D eigenvalue weighted by Gasteiger charge is -2.30. The zero-order valence-corrected chi connectivity index (χ0v) is 18.5. The number of nitrogens with one attached hydrogen (secondary N) is 2. The molecule has 0 amide bonds. The molecule has 1 aromatic heterocycles. The fourth-order valence-corrected chi connectivity index (χ4v) is 3.41. The van der Waals surface area contributed by atoms with Crippen molar-refractivity contribution < 1.29 is 0 Å². The third-order valence-corrected chi connectivity index (χ3v) is 4.94. The second-order valence-electron chi connectivity index (χ2n) is 6.00. The van der Waals surface area contributed by atoms with Gasteiger partial charge in [-0.05, 0) is 46.2 Å². The third-order valence-electron chi connectivity index (χ3n) is 3.71. The number of aliphatic imine (C=N–C) groups is 1. The van der Waals surface area contributed by atoms with Crippen molar-refractivity contribution in [2.24, 2.45) is 4.99 Å². The van der Waals surface area contributed by atoms with Crippen molar-refractivity contribution in [1.82, 2.24) is 15.5 Å². The Morgan fingerprint density at radius 1 is 1.13 bits per heavy atom. The van der Waals surface area contributed by atoms with E-state index in [4.69, 9.17) is 0 Å². The number of nitrogens with zero attached hydrogens (tertiary/aromatic N) is 2. The fraction of sp³-hybridized carbons (Fsp3) is 0.706. The van der Waals surface area contributed by atoms with E-state index in [-0.39, 0.29) is 24.0 Å². The average Bonchev–Trinajstić information content (AvgIpc) is 2.93. The first-order valence-electron chi connectivity index (χ1n) is 8.25. The highest BCUT2D eigenvalue weighted by molar-refractivity contribution is 14.0. The standard InChI is InChI=1S/C17H32N4S.HI/c1-7-15-8-9-16(22-15)12-20-17(18-6)19-10-11-21(13(2)3)14(4)5;/h8-9,13-14H,7,10-12H2,1-6H3,(H2,18,19,20);1H. The van der Waals surface area contributed by atoms with Gasteiger partial charge in [0.15, 0.2) is 5.96 Å². The van der Waals surface area contributed by atoms with E-state index in [1.165, 1.54) is 9.75 Å². The van der Waals surface area contributed by atoms with Gasteiger partial charge in [-0.1, -0.05) is 6.92 Å². The van der Waals surface area contributed by atoms with Crippen molar-refractivity contribution >= 4 is 41.3 Å². The zero-order valence-electron chi connectivity index (χ0n) is 15.3. The van der Waals surface area contributed by atoms with Crippen molar-refractivity contribution in [1.29, 1.82) is 0 Å². The average molecular weight is 452 g/mol. The minimum atomic E-state index is 0. The van der Waals surface area contributed by atoms with E-state index in [1.807, 2.05) is 18.4 Å². The van der Waals surface area contributed by atoms with Crippen LogP contribution in [0, 0.1) is 0 Å². The zero-order chi connectivity index (χ0) is 16.5. The lowest BCUT2D eigenvalue weighted by atomic mass is 10.2. The SMILES string of the molecule is CCc1ccc(CNC(=NC)NCCN(C(C)C)C(C)C)s1.I. The third kappa shape index (κ3) is 8.35. The summed E-state index contributed by atoms with van der Waals surface area (Å²) >= 11 is 1.87. The topological polar surface area (TPSA) is 39.7 Å². The van der Waals surface area contributed by atoms with E-state index in [2.05, 4.69) is 67.3 Å².